The Labute approximate surface area is 136 Å². The van der Waals surface area contributed by atoms with Crippen molar-refractivity contribution < 1.29 is 9.90 Å². The first kappa shape index (κ1) is 14.3. The lowest BCUT2D eigenvalue weighted by atomic mass is 9.76. The highest BCUT2D eigenvalue weighted by Crippen LogP contribution is 2.49. The van der Waals surface area contributed by atoms with E-state index in [0.717, 1.165) is 18.4 Å². The minimum absolute atomic E-state index is 0.0198. The maximum absolute atomic E-state index is 11.5. The fraction of sp³-hybridized carbons (Fsp3) is 0.350. The zero-order valence-corrected chi connectivity index (χ0v) is 13.7. The second-order valence-corrected chi connectivity index (χ2v) is 7.40. The van der Waals surface area contributed by atoms with Gasteiger partial charge >= 0.3 is 5.97 Å². The van der Waals surface area contributed by atoms with Crippen molar-refractivity contribution in [3.05, 3.63) is 63.4 Å². The quantitative estimate of drug-likeness (QED) is 0.816. The van der Waals surface area contributed by atoms with Gasteiger partial charge in [0, 0.05) is 18.0 Å². The average Bonchev–Trinajstić information content (AvgIpc) is 2.81. The normalized spacial score (nSPS) is 24.0. The van der Waals surface area contributed by atoms with Crippen molar-refractivity contribution in [2.75, 3.05) is 0 Å². The van der Waals surface area contributed by atoms with E-state index >= 15 is 0 Å². The summed E-state index contributed by atoms with van der Waals surface area (Å²) in [5.41, 5.74) is 7.87. The molecule has 0 saturated carbocycles. The smallest absolute Gasteiger partial charge is 0.336 e. The van der Waals surface area contributed by atoms with Gasteiger partial charge in [0.25, 0.3) is 0 Å². The summed E-state index contributed by atoms with van der Waals surface area (Å²) in [5.74, 6) is -0.514. The molecule has 0 saturated heterocycles. The van der Waals surface area contributed by atoms with Gasteiger partial charge in [-0.3, -0.25) is 0 Å². The summed E-state index contributed by atoms with van der Waals surface area (Å²) in [5, 5.41) is 13.1. The molecule has 1 heterocycles. The number of carbonyl (C=O) groups is 1. The molecule has 3 heteroatoms. The molecule has 0 fully saturated rings. The highest BCUT2D eigenvalue weighted by atomic mass is 16.4. The number of carboxylic acids is 1. The second-order valence-electron chi connectivity index (χ2n) is 7.40. The van der Waals surface area contributed by atoms with Crippen LogP contribution in [0.3, 0.4) is 0 Å². The third-order valence-corrected chi connectivity index (χ3v) is 5.20. The molecule has 0 spiro atoms. The number of dihydropyridines is 1. The van der Waals surface area contributed by atoms with Crippen LogP contribution in [-0.2, 0) is 0 Å². The van der Waals surface area contributed by atoms with Gasteiger partial charge in [0.05, 0.1) is 11.1 Å². The summed E-state index contributed by atoms with van der Waals surface area (Å²) < 4.78 is 0. The van der Waals surface area contributed by atoms with Gasteiger partial charge in [-0.1, -0.05) is 29.9 Å². The molecule has 0 radical (unpaired) electrons. The molecule has 0 aromatic heterocycles. The fourth-order valence-corrected chi connectivity index (χ4v) is 4.35. The molecule has 1 aliphatic heterocycles. The Morgan fingerprint density at radius 3 is 2.87 bits per heavy atom. The van der Waals surface area contributed by atoms with E-state index in [4.69, 9.17) is 0 Å². The van der Waals surface area contributed by atoms with E-state index in [1.807, 2.05) is 6.07 Å². The number of allylic oxidation sites excluding steroid dienone is 3. The summed E-state index contributed by atoms with van der Waals surface area (Å²) in [6.07, 6.45) is 6.25. The molecular weight excluding hydrogens is 286 g/mol. The number of hydrogen-bond acceptors (Lipinski definition) is 2. The number of rotatable bonds is 1. The number of hydrogen-bond donors (Lipinski definition) is 2. The molecular formula is C20H21NO2. The summed E-state index contributed by atoms with van der Waals surface area (Å²) in [7, 11) is 0. The monoisotopic (exact) mass is 307 g/mol. The minimum Gasteiger partial charge on any atom is -0.478 e. The van der Waals surface area contributed by atoms with Crippen molar-refractivity contribution in [3.63, 3.8) is 0 Å². The van der Waals surface area contributed by atoms with Gasteiger partial charge in [-0.05, 0) is 55.5 Å². The van der Waals surface area contributed by atoms with Crippen molar-refractivity contribution in [3.8, 4) is 0 Å². The van der Waals surface area contributed by atoms with Crippen LogP contribution >= 0.6 is 0 Å². The van der Waals surface area contributed by atoms with Crippen LogP contribution in [0, 0.1) is 0 Å². The Balaban J connectivity index is 1.78. The lowest BCUT2D eigenvalue weighted by molar-refractivity contribution is 0.0696. The Morgan fingerprint density at radius 1 is 1.35 bits per heavy atom. The van der Waals surface area contributed by atoms with Gasteiger partial charge in [-0.2, -0.15) is 0 Å². The lowest BCUT2D eigenvalue weighted by Crippen LogP contribution is -2.41. The van der Waals surface area contributed by atoms with Crippen LogP contribution in [0.15, 0.2) is 46.7 Å². The molecule has 2 aliphatic carbocycles. The third kappa shape index (κ3) is 2.14. The Kier molecular flexibility index (Phi) is 2.87. The average molecular weight is 307 g/mol. The van der Waals surface area contributed by atoms with Gasteiger partial charge in [0.1, 0.15) is 0 Å². The van der Waals surface area contributed by atoms with Crippen LogP contribution < -0.4 is 5.32 Å². The van der Waals surface area contributed by atoms with Gasteiger partial charge in [-0.25, -0.2) is 4.79 Å². The zero-order valence-electron chi connectivity index (χ0n) is 13.7. The minimum atomic E-state index is -0.842. The predicted molar refractivity (Wildman–Crippen MR) is 91.4 cm³/mol. The van der Waals surface area contributed by atoms with E-state index in [1.165, 1.54) is 28.0 Å². The summed E-state index contributed by atoms with van der Waals surface area (Å²) in [6.45, 7) is 6.57. The first-order valence-corrected chi connectivity index (χ1v) is 8.12. The van der Waals surface area contributed by atoms with Crippen LogP contribution in [0.4, 0.5) is 0 Å². The molecule has 0 bridgehead atoms. The largest absolute Gasteiger partial charge is 0.478 e. The van der Waals surface area contributed by atoms with Crippen molar-refractivity contribution in [1.29, 1.82) is 0 Å². The SMILES string of the molecule is CC1=CC(C)(C)NC2=C1CC1C(=Cc3c(C(=O)O)cccc31)C2. The van der Waals surface area contributed by atoms with E-state index < -0.39 is 5.97 Å². The summed E-state index contributed by atoms with van der Waals surface area (Å²) in [4.78, 5) is 11.5. The molecule has 1 aromatic rings. The first-order valence-electron chi connectivity index (χ1n) is 8.12. The van der Waals surface area contributed by atoms with Crippen molar-refractivity contribution in [1.82, 2.24) is 5.32 Å². The van der Waals surface area contributed by atoms with Crippen LogP contribution in [0.5, 0.6) is 0 Å². The Hall–Kier alpha value is -2.29. The summed E-state index contributed by atoms with van der Waals surface area (Å²) >= 11 is 0. The highest BCUT2D eigenvalue weighted by Gasteiger charge is 2.36. The van der Waals surface area contributed by atoms with Crippen molar-refractivity contribution >= 4 is 12.0 Å². The number of fused-ring (bicyclic) bond motifs is 3. The first-order chi connectivity index (χ1) is 10.9. The van der Waals surface area contributed by atoms with E-state index in [1.54, 1.807) is 6.07 Å². The molecule has 3 aliphatic rings. The van der Waals surface area contributed by atoms with Gasteiger partial charge < -0.3 is 10.4 Å². The lowest BCUT2D eigenvalue weighted by Gasteiger charge is -2.38. The molecule has 3 nitrogen and oxygen atoms in total. The number of nitrogens with one attached hydrogen (secondary N) is 1. The number of carboxylic acid groups (broad SMARTS) is 1. The van der Waals surface area contributed by atoms with Crippen LogP contribution in [0.1, 0.15) is 61.0 Å². The standard InChI is InChI=1S/C20H21NO2/c1-11-10-20(2,3)21-18-8-12-7-17-13(16(12)9-15(11)18)5-4-6-14(17)19(22)23/h4-7,10,16,21H,8-9H2,1-3H3,(H,22,23). The van der Waals surface area contributed by atoms with E-state index in [-0.39, 0.29) is 5.54 Å². The Morgan fingerprint density at radius 2 is 2.13 bits per heavy atom. The second kappa shape index (κ2) is 4.60. The highest BCUT2D eigenvalue weighted by molar-refractivity contribution is 5.94. The molecule has 23 heavy (non-hydrogen) atoms. The molecule has 4 rings (SSSR count). The van der Waals surface area contributed by atoms with E-state index in [9.17, 15) is 9.90 Å². The maximum Gasteiger partial charge on any atom is 0.336 e. The van der Waals surface area contributed by atoms with Gasteiger partial charge in [0.2, 0.25) is 0 Å². The van der Waals surface area contributed by atoms with Gasteiger partial charge in [0.15, 0.2) is 0 Å². The predicted octanol–water partition coefficient (Wildman–Crippen LogP) is 4.24. The van der Waals surface area contributed by atoms with Crippen LogP contribution in [-0.4, -0.2) is 16.6 Å². The molecule has 118 valence electrons. The maximum atomic E-state index is 11.5. The summed E-state index contributed by atoms with van der Waals surface area (Å²) in [6, 6.07) is 5.66. The van der Waals surface area contributed by atoms with E-state index in [0.29, 0.717) is 11.5 Å². The molecule has 0 amide bonds. The topological polar surface area (TPSA) is 49.3 Å². The van der Waals surface area contributed by atoms with Crippen molar-refractivity contribution in [2.45, 2.75) is 45.1 Å². The molecule has 1 aromatic carbocycles. The number of aromatic carboxylic acids is 1. The molecule has 1 atom stereocenters. The molecule has 1 unspecified atom stereocenters. The zero-order chi connectivity index (χ0) is 16.4. The number of benzene rings is 1. The van der Waals surface area contributed by atoms with Gasteiger partial charge in [-0.15, -0.1) is 0 Å². The van der Waals surface area contributed by atoms with E-state index in [2.05, 4.69) is 44.3 Å². The molecule has 2 N–H and O–H groups in total. The fourth-order valence-electron chi connectivity index (χ4n) is 4.35. The third-order valence-electron chi connectivity index (χ3n) is 5.20. The van der Waals surface area contributed by atoms with Crippen molar-refractivity contribution in [2.24, 2.45) is 0 Å². The Bertz CT molecular complexity index is 824. The van der Waals surface area contributed by atoms with Crippen LogP contribution in [0.2, 0.25) is 0 Å². The van der Waals surface area contributed by atoms with Crippen LogP contribution in [0.25, 0.3) is 6.08 Å².